The standard InChI is InChI=1S/C37H65N7O11S.C24H37N3O6/c1-2-32(37(50)51)39-35(48)21-20-30(28-45)27-31(46)29-55-25-24-54-23-22-38-34(47)19-16-26-56(52,53)42-36(49)18-15-13-11-9-7-5-3-4-6-8-10-12-14-17-33-40-43-44-41-33;1-3-20(28)7-6-14-32-15-16-33-17-22(29)27-21(23(25)30)8-4-5-13-26-24(31)19-11-9-18(2)10-12-19/h28,30,32H,2-27,29H2,1H3,(H,38,47)(H,39,48)(H,42,49)(H,50,51)(H,40,41,43,44);9-12,21H,3-8,13-17H2,1-2H3,(H2,25,30)(H,26,31)(H,27,29)/t30-,32?;21-/m10/s1. The van der Waals surface area contributed by atoms with E-state index in [2.05, 4.69) is 46.6 Å². The zero-order valence-electron chi connectivity index (χ0n) is 52.8. The number of aliphatic carboxylic acids is 1. The van der Waals surface area contributed by atoms with E-state index in [4.69, 9.17) is 29.8 Å². The smallest absolute Gasteiger partial charge is 0.326 e. The van der Waals surface area contributed by atoms with Crippen molar-refractivity contribution in [3.63, 3.8) is 0 Å². The molecule has 28 heteroatoms. The predicted octanol–water partition coefficient (Wildman–Crippen LogP) is 4.77. The Balaban J connectivity index is 0.00000102. The Kier molecular flexibility index (Phi) is 47.1. The summed E-state index contributed by atoms with van der Waals surface area (Å²) < 4.78 is 47.8. The number of aldehydes is 1. The van der Waals surface area contributed by atoms with Crippen molar-refractivity contribution in [2.75, 3.05) is 71.7 Å². The normalized spacial score (nSPS) is 12.1. The number of nitrogens with zero attached hydrogens (tertiary/aromatic N) is 3. The molecule has 0 aliphatic carbocycles. The van der Waals surface area contributed by atoms with Crippen LogP contribution in [0.4, 0.5) is 0 Å². The number of hydrogen-bond donors (Lipinski definition) is 8. The zero-order valence-corrected chi connectivity index (χ0v) is 53.6. The predicted molar refractivity (Wildman–Crippen MR) is 331 cm³/mol. The molecular formula is C61H102N10O17S. The van der Waals surface area contributed by atoms with Gasteiger partial charge in [0.25, 0.3) is 5.91 Å². The molecule has 2 rings (SSSR count). The number of primary amides is 1. The largest absolute Gasteiger partial charge is 0.480 e. The molecule has 0 radical (unpaired) electrons. The van der Waals surface area contributed by atoms with E-state index in [0.717, 1.165) is 43.5 Å². The second-order valence-electron chi connectivity index (χ2n) is 21.7. The van der Waals surface area contributed by atoms with Crippen molar-refractivity contribution < 1.29 is 80.4 Å². The third-order valence-electron chi connectivity index (χ3n) is 13.9. The molecule has 1 aromatic carbocycles. The van der Waals surface area contributed by atoms with Gasteiger partial charge in [-0.1, -0.05) is 107 Å². The number of carboxylic acids is 1. The Morgan fingerprint density at radius 1 is 0.607 bits per heavy atom. The lowest BCUT2D eigenvalue weighted by atomic mass is 9.98. The molecule has 0 spiro atoms. The molecule has 6 amide bonds. The van der Waals surface area contributed by atoms with Crippen molar-refractivity contribution in [3.05, 3.63) is 41.2 Å². The molecule has 0 saturated carbocycles. The maximum Gasteiger partial charge on any atom is 0.326 e. The number of hydrogen-bond acceptors (Lipinski definition) is 19. The molecule has 504 valence electrons. The second-order valence-corrected chi connectivity index (χ2v) is 23.6. The van der Waals surface area contributed by atoms with Crippen LogP contribution in [0.25, 0.3) is 0 Å². The van der Waals surface area contributed by atoms with E-state index in [9.17, 15) is 56.4 Å². The monoisotopic (exact) mass is 1280 g/mol. The van der Waals surface area contributed by atoms with Crippen LogP contribution in [0.3, 0.4) is 0 Å². The van der Waals surface area contributed by atoms with Gasteiger partial charge < -0.3 is 55.8 Å². The van der Waals surface area contributed by atoms with Crippen LogP contribution in [0, 0.1) is 12.8 Å². The van der Waals surface area contributed by atoms with Gasteiger partial charge in [0.1, 0.15) is 37.4 Å². The molecule has 9 N–H and O–H groups in total. The number of nitrogens with two attached hydrogens (primary N) is 1. The maximum absolute atomic E-state index is 12.3. The lowest BCUT2D eigenvalue weighted by Gasteiger charge is -2.15. The van der Waals surface area contributed by atoms with Crippen LogP contribution in [0.5, 0.6) is 0 Å². The summed E-state index contributed by atoms with van der Waals surface area (Å²) in [5.74, 6) is -4.08. The average molecular weight is 1280 g/mol. The fourth-order valence-corrected chi connectivity index (χ4v) is 9.76. The van der Waals surface area contributed by atoms with Crippen molar-refractivity contribution in [2.45, 2.75) is 206 Å². The first-order valence-corrected chi connectivity index (χ1v) is 33.2. The summed E-state index contributed by atoms with van der Waals surface area (Å²) in [6, 6.07) is 5.51. The Bertz CT molecular complexity index is 2440. The van der Waals surface area contributed by atoms with Crippen molar-refractivity contribution >= 4 is 69.3 Å². The number of tetrazole rings is 1. The number of aromatic amines is 1. The highest BCUT2D eigenvalue weighted by atomic mass is 32.2. The third kappa shape index (κ3) is 46.2. The number of nitrogens with one attached hydrogen (secondary N) is 6. The average Bonchev–Trinajstić information content (AvgIpc) is 4.23. The number of aryl methyl sites for hydroxylation is 2. The maximum atomic E-state index is 12.3. The van der Waals surface area contributed by atoms with Gasteiger partial charge in [-0.3, -0.25) is 43.1 Å². The number of Topliss-reactive ketones (excluding diaryl/α,β-unsaturated/α-hetero) is 2. The van der Waals surface area contributed by atoms with E-state index in [1.807, 2.05) is 26.0 Å². The van der Waals surface area contributed by atoms with Gasteiger partial charge in [0.05, 0.1) is 38.8 Å². The van der Waals surface area contributed by atoms with Crippen LogP contribution in [0.1, 0.15) is 203 Å². The fraction of sp³-hybridized carbons (Fsp3) is 0.721. The third-order valence-corrected chi connectivity index (χ3v) is 15.3. The van der Waals surface area contributed by atoms with Gasteiger partial charge in [0.15, 0.2) is 11.6 Å². The number of amides is 6. The number of unbranched alkanes of at least 4 members (excludes halogenated alkanes) is 13. The summed E-state index contributed by atoms with van der Waals surface area (Å²) in [6.07, 6.45) is 19.7. The highest BCUT2D eigenvalue weighted by molar-refractivity contribution is 7.90. The number of carboxylic acid groups (broad SMARTS) is 1. The van der Waals surface area contributed by atoms with Crippen LogP contribution in [-0.4, -0.2) is 177 Å². The molecule has 0 saturated heterocycles. The van der Waals surface area contributed by atoms with E-state index in [1.165, 1.54) is 51.4 Å². The number of aromatic nitrogens is 4. The molecule has 27 nitrogen and oxygen atoms in total. The van der Waals surface area contributed by atoms with Crippen LogP contribution in [0.15, 0.2) is 24.3 Å². The number of ether oxygens (including phenoxy) is 4. The minimum absolute atomic E-state index is 0.0298. The van der Waals surface area contributed by atoms with Gasteiger partial charge >= 0.3 is 5.97 Å². The highest BCUT2D eigenvalue weighted by Gasteiger charge is 2.21. The van der Waals surface area contributed by atoms with Crippen molar-refractivity contribution in [2.24, 2.45) is 11.7 Å². The van der Waals surface area contributed by atoms with Gasteiger partial charge in [-0.15, -0.1) is 10.2 Å². The number of ketones is 2. The summed E-state index contributed by atoms with van der Waals surface area (Å²) in [4.78, 5) is 117. The molecular weight excluding hydrogens is 1180 g/mol. The molecule has 89 heavy (non-hydrogen) atoms. The number of sulfonamides is 1. The van der Waals surface area contributed by atoms with Crippen LogP contribution >= 0.6 is 0 Å². The first-order chi connectivity index (χ1) is 42.8. The first-order valence-electron chi connectivity index (χ1n) is 31.6. The summed E-state index contributed by atoms with van der Waals surface area (Å²) >= 11 is 0. The first kappa shape index (κ1) is 80.4. The number of carbonyl (C=O) groups excluding carboxylic acids is 9. The van der Waals surface area contributed by atoms with Crippen LogP contribution in [0.2, 0.25) is 0 Å². The molecule has 2 aromatic rings. The van der Waals surface area contributed by atoms with Crippen molar-refractivity contribution in [1.82, 2.24) is 46.6 Å². The Labute approximate surface area is 525 Å². The molecule has 0 bridgehead atoms. The highest BCUT2D eigenvalue weighted by Crippen LogP contribution is 2.15. The molecule has 1 aromatic heterocycles. The molecule has 0 fully saturated rings. The van der Waals surface area contributed by atoms with E-state index >= 15 is 0 Å². The molecule has 0 aliphatic heterocycles. The lowest BCUT2D eigenvalue weighted by molar-refractivity contribution is -0.142. The van der Waals surface area contributed by atoms with Crippen LogP contribution in [-0.2, 0) is 78.5 Å². The van der Waals surface area contributed by atoms with Gasteiger partial charge in [-0.25, -0.2) is 13.2 Å². The van der Waals surface area contributed by atoms with E-state index < -0.39 is 57.6 Å². The number of H-pyrrole nitrogens is 1. The van der Waals surface area contributed by atoms with Crippen LogP contribution < -0.4 is 31.7 Å². The van der Waals surface area contributed by atoms with Gasteiger partial charge in [-0.2, -0.15) is 5.21 Å². The topological polar surface area (TPSA) is 403 Å². The lowest BCUT2D eigenvalue weighted by Crippen LogP contribution is -2.45. The van der Waals surface area contributed by atoms with E-state index in [1.54, 1.807) is 19.1 Å². The fourth-order valence-electron chi connectivity index (χ4n) is 8.68. The summed E-state index contributed by atoms with van der Waals surface area (Å²) in [5, 5.41) is 33.4. The minimum Gasteiger partial charge on any atom is -0.480 e. The van der Waals surface area contributed by atoms with Gasteiger partial charge in [-0.05, 0) is 76.8 Å². The quantitative estimate of drug-likeness (QED) is 0.0326. The number of carbonyl (C=O) groups is 10. The molecule has 0 aliphatic rings. The van der Waals surface area contributed by atoms with Gasteiger partial charge in [0.2, 0.25) is 39.6 Å². The Morgan fingerprint density at radius 2 is 1.20 bits per heavy atom. The van der Waals surface area contributed by atoms with Gasteiger partial charge in [0, 0.05) is 76.1 Å². The van der Waals surface area contributed by atoms with E-state index in [0.29, 0.717) is 76.6 Å². The van der Waals surface area contributed by atoms with Crippen molar-refractivity contribution in [1.29, 1.82) is 0 Å². The SMILES string of the molecule is CCC(=O)CCCOCCOCC(=O)N[C@@H](CCCCNC(=O)c1ccc(C)cc1)C(N)=O.CCC(NC(=O)CC[C@@H](C=O)CC(=O)COCCOCCNC(=O)CCCS(=O)(=O)NC(=O)CCCCCCCCCCCCCCCc1nn[nH]n1)C(=O)O. The number of benzene rings is 1. The Morgan fingerprint density at radius 3 is 1.80 bits per heavy atom. The summed E-state index contributed by atoms with van der Waals surface area (Å²) in [6.45, 7) is 7.05. The second kappa shape index (κ2) is 52.2. The Hall–Kier alpha value is -6.62. The molecule has 1 heterocycles. The number of rotatable bonds is 56. The molecule has 1 unspecified atom stereocenters. The van der Waals surface area contributed by atoms with Crippen molar-refractivity contribution in [3.8, 4) is 0 Å². The van der Waals surface area contributed by atoms with E-state index in [-0.39, 0.29) is 120 Å². The summed E-state index contributed by atoms with van der Waals surface area (Å²) in [5.41, 5.74) is 7.06. The molecule has 3 atom stereocenters. The zero-order chi connectivity index (χ0) is 65.8. The summed E-state index contributed by atoms with van der Waals surface area (Å²) in [7, 11) is -3.82. The minimum atomic E-state index is -3.82.